The number of carbonyl (C=O) groups excluding carboxylic acids is 1. The van der Waals surface area contributed by atoms with E-state index in [0.717, 1.165) is 36.3 Å². The smallest absolute Gasteiger partial charge is 0.416 e. The highest BCUT2D eigenvalue weighted by molar-refractivity contribution is 5.82. The van der Waals surface area contributed by atoms with Crippen LogP contribution in [0.5, 0.6) is 5.75 Å². The van der Waals surface area contributed by atoms with Crippen LogP contribution in [0.25, 0.3) is 5.76 Å². The zero-order valence-corrected chi connectivity index (χ0v) is 13.6. The molecule has 24 heavy (non-hydrogen) atoms. The summed E-state index contributed by atoms with van der Waals surface area (Å²) in [6, 6.07) is 17.8. The number of ether oxygens (including phenoxy) is 2. The third-order valence-electron chi connectivity index (χ3n) is 4.86. The van der Waals surface area contributed by atoms with E-state index in [9.17, 15) is 4.79 Å². The predicted octanol–water partition coefficient (Wildman–Crippen LogP) is 4.18. The van der Waals surface area contributed by atoms with Crippen LogP contribution >= 0.6 is 0 Å². The summed E-state index contributed by atoms with van der Waals surface area (Å²) in [5.74, 6) is 1.39. The zero-order valence-electron chi connectivity index (χ0n) is 13.6. The number of hydrogen-bond acceptors (Lipinski definition) is 3. The fourth-order valence-corrected chi connectivity index (χ4v) is 3.65. The summed E-state index contributed by atoms with van der Waals surface area (Å²) < 4.78 is 10.8. The average Bonchev–Trinajstić information content (AvgIpc) is 3.08. The first kappa shape index (κ1) is 14.8. The number of cyclic esters (lactones) is 1. The number of nitrogens with zero attached hydrogens (tertiary/aromatic N) is 1. The SMILES string of the molecule is COc1ccc(C2=C[C@]3(c4ccccc4)CCCN3C(=O)O2)cc1. The Morgan fingerprint density at radius 3 is 2.54 bits per heavy atom. The Labute approximate surface area is 141 Å². The van der Waals surface area contributed by atoms with E-state index >= 15 is 0 Å². The number of methoxy groups -OCH3 is 1. The van der Waals surface area contributed by atoms with Crippen LogP contribution < -0.4 is 4.74 Å². The van der Waals surface area contributed by atoms with E-state index in [1.807, 2.05) is 47.4 Å². The second-order valence-corrected chi connectivity index (χ2v) is 6.15. The number of rotatable bonds is 3. The predicted molar refractivity (Wildman–Crippen MR) is 91.5 cm³/mol. The summed E-state index contributed by atoms with van der Waals surface area (Å²) in [4.78, 5) is 14.4. The molecule has 2 aliphatic rings. The van der Waals surface area contributed by atoms with Crippen molar-refractivity contribution in [2.24, 2.45) is 0 Å². The summed E-state index contributed by atoms with van der Waals surface area (Å²) in [6.45, 7) is 0.722. The molecule has 0 saturated carbocycles. The molecule has 4 heteroatoms. The third kappa shape index (κ3) is 2.26. The van der Waals surface area contributed by atoms with Crippen LogP contribution in [-0.2, 0) is 10.3 Å². The number of fused-ring (bicyclic) bond motifs is 1. The van der Waals surface area contributed by atoms with Crippen molar-refractivity contribution in [2.45, 2.75) is 18.4 Å². The first-order valence-electron chi connectivity index (χ1n) is 8.15. The van der Waals surface area contributed by atoms with Crippen LogP contribution in [0, 0.1) is 0 Å². The van der Waals surface area contributed by atoms with E-state index < -0.39 is 5.54 Å². The van der Waals surface area contributed by atoms with E-state index in [1.54, 1.807) is 7.11 Å². The van der Waals surface area contributed by atoms with Gasteiger partial charge in [0.1, 0.15) is 11.5 Å². The number of hydrogen-bond donors (Lipinski definition) is 0. The van der Waals surface area contributed by atoms with E-state index in [1.165, 1.54) is 0 Å². The highest BCUT2D eigenvalue weighted by atomic mass is 16.6. The molecular weight excluding hydrogens is 302 g/mol. The lowest BCUT2D eigenvalue weighted by Gasteiger charge is -2.39. The Morgan fingerprint density at radius 1 is 1.08 bits per heavy atom. The van der Waals surface area contributed by atoms with Gasteiger partial charge >= 0.3 is 6.09 Å². The lowest BCUT2D eigenvalue weighted by molar-refractivity contribution is 0.106. The molecule has 4 rings (SSSR count). The van der Waals surface area contributed by atoms with E-state index in [4.69, 9.17) is 9.47 Å². The molecule has 0 N–H and O–H groups in total. The Balaban J connectivity index is 1.82. The van der Waals surface area contributed by atoms with Crippen molar-refractivity contribution in [3.05, 3.63) is 71.8 Å². The summed E-state index contributed by atoms with van der Waals surface area (Å²) in [5.41, 5.74) is 1.60. The van der Waals surface area contributed by atoms with Gasteiger partial charge in [0.2, 0.25) is 0 Å². The molecule has 2 aromatic rings. The van der Waals surface area contributed by atoms with Crippen molar-refractivity contribution in [3.8, 4) is 5.75 Å². The van der Waals surface area contributed by atoms with Gasteiger partial charge in [-0.2, -0.15) is 0 Å². The van der Waals surface area contributed by atoms with Crippen LogP contribution in [0.4, 0.5) is 4.79 Å². The van der Waals surface area contributed by atoms with Crippen molar-refractivity contribution >= 4 is 11.9 Å². The normalized spacial score (nSPS) is 22.6. The Morgan fingerprint density at radius 2 is 1.83 bits per heavy atom. The van der Waals surface area contributed by atoms with Crippen LogP contribution in [-0.4, -0.2) is 24.6 Å². The molecule has 0 bridgehead atoms. The number of carbonyl (C=O) groups is 1. The van der Waals surface area contributed by atoms with Gasteiger partial charge in [-0.1, -0.05) is 30.3 Å². The minimum Gasteiger partial charge on any atom is -0.497 e. The second-order valence-electron chi connectivity index (χ2n) is 6.15. The molecule has 1 fully saturated rings. The summed E-state index contributed by atoms with van der Waals surface area (Å²) >= 11 is 0. The first-order valence-corrected chi connectivity index (χ1v) is 8.15. The molecule has 1 amide bonds. The lowest BCUT2D eigenvalue weighted by atomic mass is 9.85. The fraction of sp³-hybridized carbons (Fsp3) is 0.250. The minimum atomic E-state index is -0.411. The molecule has 2 heterocycles. The van der Waals surface area contributed by atoms with Crippen LogP contribution in [0.3, 0.4) is 0 Å². The molecular formula is C20H19NO3. The summed E-state index contributed by atoms with van der Waals surface area (Å²) in [6.07, 6.45) is 3.70. The average molecular weight is 321 g/mol. The number of benzene rings is 2. The van der Waals surface area contributed by atoms with Gasteiger partial charge in [0.25, 0.3) is 0 Å². The van der Waals surface area contributed by atoms with Crippen LogP contribution in [0.15, 0.2) is 60.7 Å². The van der Waals surface area contributed by atoms with Crippen molar-refractivity contribution in [1.82, 2.24) is 4.90 Å². The maximum Gasteiger partial charge on any atom is 0.416 e. The van der Waals surface area contributed by atoms with Gasteiger partial charge in [-0.25, -0.2) is 4.79 Å². The first-order chi connectivity index (χ1) is 11.7. The third-order valence-corrected chi connectivity index (χ3v) is 4.86. The topological polar surface area (TPSA) is 38.8 Å². The lowest BCUT2D eigenvalue weighted by Crippen LogP contribution is -2.46. The van der Waals surface area contributed by atoms with Gasteiger partial charge in [-0.15, -0.1) is 0 Å². The summed E-state index contributed by atoms with van der Waals surface area (Å²) in [7, 11) is 1.63. The highest BCUT2D eigenvalue weighted by Gasteiger charge is 2.47. The molecule has 0 aliphatic carbocycles. The van der Waals surface area contributed by atoms with Crippen LogP contribution in [0.2, 0.25) is 0 Å². The Hall–Kier alpha value is -2.75. The maximum atomic E-state index is 12.6. The molecule has 0 aromatic heterocycles. The molecule has 0 radical (unpaired) electrons. The Kier molecular flexibility index (Phi) is 3.53. The van der Waals surface area contributed by atoms with Crippen molar-refractivity contribution < 1.29 is 14.3 Å². The van der Waals surface area contributed by atoms with Crippen molar-refractivity contribution in [2.75, 3.05) is 13.7 Å². The van der Waals surface area contributed by atoms with Gasteiger partial charge in [0, 0.05) is 12.1 Å². The van der Waals surface area contributed by atoms with E-state index in [-0.39, 0.29) is 6.09 Å². The standard InChI is InChI=1S/C20H19NO3/c1-23-17-10-8-15(9-11-17)18-14-20(16-6-3-2-4-7-16)12-5-13-21(20)19(22)24-18/h2-4,6-11,14H,5,12-13H2,1H3/t20-/m0/s1. The Bertz CT molecular complexity index is 782. The molecule has 4 nitrogen and oxygen atoms in total. The molecule has 0 unspecified atom stereocenters. The highest BCUT2D eigenvalue weighted by Crippen LogP contribution is 2.45. The fourth-order valence-electron chi connectivity index (χ4n) is 3.65. The molecule has 1 saturated heterocycles. The van der Waals surface area contributed by atoms with Crippen molar-refractivity contribution in [3.63, 3.8) is 0 Å². The van der Waals surface area contributed by atoms with Gasteiger partial charge < -0.3 is 9.47 Å². The van der Waals surface area contributed by atoms with Gasteiger partial charge in [0.05, 0.1) is 12.6 Å². The van der Waals surface area contributed by atoms with Gasteiger partial charge in [0.15, 0.2) is 0 Å². The molecule has 0 spiro atoms. The zero-order chi connectivity index (χ0) is 16.6. The van der Waals surface area contributed by atoms with E-state index in [0.29, 0.717) is 5.76 Å². The minimum absolute atomic E-state index is 0.273. The van der Waals surface area contributed by atoms with Crippen molar-refractivity contribution in [1.29, 1.82) is 0 Å². The quantitative estimate of drug-likeness (QED) is 0.851. The molecule has 1 atom stereocenters. The molecule has 122 valence electrons. The largest absolute Gasteiger partial charge is 0.497 e. The molecule has 2 aliphatic heterocycles. The second kappa shape index (κ2) is 5.71. The van der Waals surface area contributed by atoms with E-state index in [2.05, 4.69) is 18.2 Å². The maximum absolute atomic E-state index is 12.6. The van der Waals surface area contributed by atoms with Gasteiger partial charge in [-0.3, -0.25) is 4.90 Å². The van der Waals surface area contributed by atoms with Gasteiger partial charge in [-0.05, 0) is 48.7 Å². The number of amides is 1. The molecule has 2 aromatic carbocycles. The monoisotopic (exact) mass is 321 g/mol. The summed E-state index contributed by atoms with van der Waals surface area (Å²) in [5, 5.41) is 0. The van der Waals surface area contributed by atoms with Crippen LogP contribution in [0.1, 0.15) is 24.0 Å².